The number of rotatable bonds is 7. The molecule has 11 heteroatoms. The number of aryl methyl sites for hydroxylation is 2. The van der Waals surface area contributed by atoms with Crippen LogP contribution >= 0.6 is 11.3 Å². The summed E-state index contributed by atoms with van der Waals surface area (Å²) in [6.07, 6.45) is 4.37. The van der Waals surface area contributed by atoms with Gasteiger partial charge in [0.2, 0.25) is 11.9 Å². The van der Waals surface area contributed by atoms with E-state index in [1.165, 1.54) is 10.4 Å². The fraction of sp³-hybridized carbons (Fsp3) is 0.310. The molecule has 206 valence electrons. The minimum atomic E-state index is -0.315. The zero-order chi connectivity index (χ0) is 27.5. The van der Waals surface area contributed by atoms with Crippen molar-refractivity contribution in [3.63, 3.8) is 0 Å². The SMILES string of the molecule is Nc1nc(Nc2ccc(N3CCOCC3)cc2)nc(-c2cccc(NC(=O)c3cc4c(s3)CCCC4)c2CO)n1. The highest BCUT2D eigenvalue weighted by Gasteiger charge is 2.20. The van der Waals surface area contributed by atoms with Crippen molar-refractivity contribution >= 4 is 46.2 Å². The van der Waals surface area contributed by atoms with Crippen LogP contribution in [0.5, 0.6) is 0 Å². The number of carbonyl (C=O) groups is 1. The first-order valence-corrected chi connectivity index (χ1v) is 14.3. The number of fused-ring (bicyclic) bond motifs is 1. The third-order valence-corrected chi connectivity index (χ3v) is 8.43. The standard InChI is InChI=1S/C29H31N7O3S/c30-28-33-26(34-29(35-28)31-19-8-10-20(11-9-19)36-12-14-39-15-13-36)21-5-3-6-23(22(21)17-37)32-27(38)25-16-18-4-1-2-7-24(18)40-25/h3,5-6,8-11,16,37H,1-2,4,7,12-15,17H2,(H,32,38)(H3,30,31,33,34,35). The van der Waals surface area contributed by atoms with E-state index in [1.54, 1.807) is 29.5 Å². The Bertz CT molecular complexity index is 1490. The van der Waals surface area contributed by atoms with E-state index in [0.29, 0.717) is 27.5 Å². The molecule has 1 aliphatic carbocycles. The van der Waals surface area contributed by atoms with Crippen molar-refractivity contribution in [2.24, 2.45) is 0 Å². The number of hydrogen-bond acceptors (Lipinski definition) is 10. The summed E-state index contributed by atoms with van der Waals surface area (Å²) in [4.78, 5) is 30.5. The van der Waals surface area contributed by atoms with Gasteiger partial charge in [-0.15, -0.1) is 11.3 Å². The topological polar surface area (TPSA) is 139 Å². The van der Waals surface area contributed by atoms with Gasteiger partial charge in [-0.2, -0.15) is 15.0 Å². The third kappa shape index (κ3) is 5.62. The van der Waals surface area contributed by atoms with Gasteiger partial charge in [-0.25, -0.2) is 0 Å². The summed E-state index contributed by atoms with van der Waals surface area (Å²) in [5, 5.41) is 16.5. The van der Waals surface area contributed by atoms with Crippen molar-refractivity contribution in [3.8, 4) is 11.4 Å². The molecule has 0 atom stereocenters. The molecule has 2 aliphatic rings. The lowest BCUT2D eigenvalue weighted by atomic mass is 9.99. The lowest BCUT2D eigenvalue weighted by Gasteiger charge is -2.28. The molecule has 40 heavy (non-hydrogen) atoms. The molecule has 0 spiro atoms. The summed E-state index contributed by atoms with van der Waals surface area (Å²) in [5.74, 6) is 0.431. The summed E-state index contributed by atoms with van der Waals surface area (Å²) < 4.78 is 5.44. The molecule has 2 aromatic heterocycles. The van der Waals surface area contributed by atoms with Crippen LogP contribution in [0.3, 0.4) is 0 Å². The van der Waals surface area contributed by atoms with Crippen molar-refractivity contribution in [1.82, 2.24) is 15.0 Å². The van der Waals surface area contributed by atoms with Crippen molar-refractivity contribution in [2.75, 3.05) is 47.6 Å². The van der Waals surface area contributed by atoms with Crippen LogP contribution in [-0.4, -0.2) is 52.3 Å². The molecule has 0 bridgehead atoms. The minimum Gasteiger partial charge on any atom is -0.392 e. The fourth-order valence-corrected chi connectivity index (χ4v) is 6.29. The van der Waals surface area contributed by atoms with E-state index in [2.05, 4.69) is 30.5 Å². The Kier molecular flexibility index (Phi) is 7.58. The Labute approximate surface area is 236 Å². The molecule has 1 fully saturated rings. The molecular weight excluding hydrogens is 526 g/mol. The van der Waals surface area contributed by atoms with Gasteiger partial charge in [0.1, 0.15) is 0 Å². The number of morpholine rings is 1. The van der Waals surface area contributed by atoms with Crippen molar-refractivity contribution in [3.05, 3.63) is 69.4 Å². The summed E-state index contributed by atoms with van der Waals surface area (Å²) in [5.41, 5.74) is 10.8. The normalized spacial score (nSPS) is 15.0. The number of nitrogens with two attached hydrogens (primary N) is 1. The maximum atomic E-state index is 13.1. The van der Waals surface area contributed by atoms with E-state index in [9.17, 15) is 9.90 Å². The number of amides is 1. The Morgan fingerprint density at radius 1 is 1.05 bits per heavy atom. The molecule has 0 saturated carbocycles. The minimum absolute atomic E-state index is 0.0416. The average Bonchev–Trinajstić information content (AvgIpc) is 3.42. The quantitative estimate of drug-likeness (QED) is 0.261. The second kappa shape index (κ2) is 11.6. The Hall–Kier alpha value is -4.06. The molecule has 1 saturated heterocycles. The van der Waals surface area contributed by atoms with Crippen LogP contribution < -0.4 is 21.3 Å². The first-order chi connectivity index (χ1) is 19.6. The number of aromatic nitrogens is 3. The number of nitrogen functional groups attached to an aromatic ring is 1. The van der Waals surface area contributed by atoms with Gasteiger partial charge in [0, 0.05) is 46.2 Å². The van der Waals surface area contributed by atoms with Gasteiger partial charge in [-0.1, -0.05) is 12.1 Å². The number of anilines is 5. The molecule has 5 N–H and O–H groups in total. The number of ether oxygens (including phenoxy) is 1. The summed E-state index contributed by atoms with van der Waals surface area (Å²) in [6.45, 7) is 2.86. The van der Waals surface area contributed by atoms with Gasteiger partial charge in [0.05, 0.1) is 24.7 Å². The number of thiophene rings is 1. The molecule has 1 amide bonds. The van der Waals surface area contributed by atoms with Crippen LogP contribution in [0.15, 0.2) is 48.5 Å². The molecular formula is C29H31N7O3S. The Morgan fingerprint density at radius 2 is 1.85 bits per heavy atom. The van der Waals surface area contributed by atoms with Crippen LogP contribution in [0.1, 0.15) is 38.5 Å². The number of nitrogens with zero attached hydrogens (tertiary/aromatic N) is 4. The highest BCUT2D eigenvalue weighted by molar-refractivity contribution is 7.14. The molecule has 1 aliphatic heterocycles. The van der Waals surface area contributed by atoms with Crippen molar-refractivity contribution < 1.29 is 14.6 Å². The number of carbonyl (C=O) groups excluding carboxylic acids is 1. The predicted molar refractivity (Wildman–Crippen MR) is 157 cm³/mol. The van der Waals surface area contributed by atoms with E-state index in [-0.39, 0.29) is 24.4 Å². The maximum absolute atomic E-state index is 13.1. The third-order valence-electron chi connectivity index (χ3n) is 7.20. The van der Waals surface area contributed by atoms with Crippen LogP contribution in [0, 0.1) is 0 Å². The number of nitrogens with one attached hydrogen (secondary N) is 2. The molecule has 10 nitrogen and oxygen atoms in total. The monoisotopic (exact) mass is 557 g/mol. The number of aliphatic hydroxyl groups is 1. The van der Waals surface area contributed by atoms with Gasteiger partial charge in [0.25, 0.3) is 5.91 Å². The number of benzene rings is 2. The van der Waals surface area contributed by atoms with Crippen LogP contribution in [0.4, 0.5) is 29.0 Å². The molecule has 2 aromatic carbocycles. The van der Waals surface area contributed by atoms with Crippen molar-refractivity contribution in [2.45, 2.75) is 32.3 Å². The summed E-state index contributed by atoms with van der Waals surface area (Å²) in [6, 6.07) is 15.3. The van der Waals surface area contributed by atoms with Crippen LogP contribution in [0.2, 0.25) is 0 Å². The second-order valence-electron chi connectivity index (χ2n) is 9.82. The van der Waals surface area contributed by atoms with Crippen LogP contribution in [-0.2, 0) is 24.2 Å². The zero-order valence-electron chi connectivity index (χ0n) is 22.0. The highest BCUT2D eigenvalue weighted by atomic mass is 32.1. The van der Waals surface area contributed by atoms with Gasteiger partial charge in [-0.3, -0.25) is 4.79 Å². The van der Waals surface area contributed by atoms with E-state index in [1.807, 2.05) is 30.3 Å². The molecule has 0 radical (unpaired) electrons. The summed E-state index contributed by atoms with van der Waals surface area (Å²) in [7, 11) is 0. The highest BCUT2D eigenvalue weighted by Crippen LogP contribution is 2.32. The lowest BCUT2D eigenvalue weighted by Crippen LogP contribution is -2.36. The first kappa shape index (κ1) is 26.2. The van der Waals surface area contributed by atoms with E-state index >= 15 is 0 Å². The molecule has 4 aromatic rings. The van der Waals surface area contributed by atoms with Crippen molar-refractivity contribution in [1.29, 1.82) is 0 Å². The largest absolute Gasteiger partial charge is 0.392 e. The van der Waals surface area contributed by atoms with E-state index < -0.39 is 0 Å². The number of hydrogen-bond donors (Lipinski definition) is 4. The summed E-state index contributed by atoms with van der Waals surface area (Å²) >= 11 is 1.55. The van der Waals surface area contributed by atoms with Gasteiger partial charge in [-0.05, 0) is 67.6 Å². The average molecular weight is 558 g/mol. The predicted octanol–water partition coefficient (Wildman–Crippen LogP) is 4.39. The second-order valence-corrected chi connectivity index (χ2v) is 11.0. The fourth-order valence-electron chi connectivity index (χ4n) is 5.15. The molecule has 6 rings (SSSR count). The van der Waals surface area contributed by atoms with Crippen LogP contribution in [0.25, 0.3) is 11.4 Å². The first-order valence-electron chi connectivity index (χ1n) is 13.4. The lowest BCUT2D eigenvalue weighted by molar-refractivity contribution is 0.103. The van der Waals surface area contributed by atoms with Gasteiger partial charge in [0.15, 0.2) is 5.82 Å². The molecule has 3 heterocycles. The maximum Gasteiger partial charge on any atom is 0.265 e. The van der Waals surface area contributed by atoms with E-state index in [4.69, 9.17) is 10.5 Å². The Balaban J connectivity index is 1.23. The zero-order valence-corrected chi connectivity index (χ0v) is 22.8. The van der Waals surface area contributed by atoms with Gasteiger partial charge >= 0.3 is 0 Å². The number of aliphatic hydroxyl groups excluding tert-OH is 1. The van der Waals surface area contributed by atoms with Gasteiger partial charge < -0.3 is 31.1 Å². The Morgan fingerprint density at radius 3 is 2.62 bits per heavy atom. The smallest absolute Gasteiger partial charge is 0.265 e. The molecule has 0 unspecified atom stereocenters. The van der Waals surface area contributed by atoms with E-state index in [0.717, 1.165) is 63.4 Å².